The molecule has 1 aromatic rings. The van der Waals surface area contributed by atoms with Crippen LogP contribution in [0.3, 0.4) is 0 Å². The zero-order valence-electron chi connectivity index (χ0n) is 10.7. The van der Waals surface area contributed by atoms with Crippen LogP contribution in [0, 0.1) is 11.3 Å². The fourth-order valence-electron chi connectivity index (χ4n) is 2.04. The molecule has 0 spiro atoms. The summed E-state index contributed by atoms with van der Waals surface area (Å²) < 4.78 is 5.18. The summed E-state index contributed by atoms with van der Waals surface area (Å²) in [6.07, 6.45) is 1.55. The second-order valence-electron chi connectivity index (χ2n) is 4.52. The van der Waals surface area contributed by atoms with Crippen molar-refractivity contribution < 1.29 is 9.53 Å². The fourth-order valence-corrected chi connectivity index (χ4v) is 2.04. The van der Waals surface area contributed by atoms with E-state index in [0.717, 1.165) is 25.1 Å². The zero-order chi connectivity index (χ0) is 13.5. The highest BCUT2D eigenvalue weighted by atomic mass is 16.5. The van der Waals surface area contributed by atoms with Crippen LogP contribution in [0.2, 0.25) is 0 Å². The van der Waals surface area contributed by atoms with Gasteiger partial charge in [-0.3, -0.25) is 4.79 Å². The molecule has 1 atom stereocenters. The van der Waals surface area contributed by atoms with E-state index in [0.29, 0.717) is 12.2 Å². The summed E-state index contributed by atoms with van der Waals surface area (Å²) in [5.74, 6) is 0.846. The molecule has 2 N–H and O–H groups in total. The molecule has 1 aliphatic rings. The Morgan fingerprint density at radius 2 is 2.21 bits per heavy atom. The van der Waals surface area contributed by atoms with Gasteiger partial charge in [0, 0.05) is 25.6 Å². The van der Waals surface area contributed by atoms with Gasteiger partial charge in [0.25, 0.3) is 0 Å². The maximum Gasteiger partial charge on any atom is 0.220 e. The van der Waals surface area contributed by atoms with Crippen LogP contribution in [0.5, 0.6) is 5.75 Å². The van der Waals surface area contributed by atoms with Crippen LogP contribution in [-0.2, 0) is 11.3 Å². The third-order valence-corrected chi connectivity index (χ3v) is 3.03. The Hall–Kier alpha value is -2.06. The Morgan fingerprint density at radius 1 is 1.42 bits per heavy atom. The summed E-state index contributed by atoms with van der Waals surface area (Å²) in [7, 11) is 0. The number of nitriles is 1. The molecule has 2 rings (SSSR count). The van der Waals surface area contributed by atoms with Gasteiger partial charge in [0.05, 0.1) is 0 Å². The van der Waals surface area contributed by atoms with E-state index in [2.05, 4.69) is 10.6 Å². The van der Waals surface area contributed by atoms with Gasteiger partial charge in [0.2, 0.25) is 5.91 Å². The molecular formula is C14H17N3O2. The van der Waals surface area contributed by atoms with Crippen molar-refractivity contribution in [1.82, 2.24) is 10.6 Å². The highest BCUT2D eigenvalue weighted by Gasteiger charge is 2.19. The number of benzene rings is 1. The first-order valence-electron chi connectivity index (χ1n) is 6.36. The van der Waals surface area contributed by atoms with E-state index in [1.54, 1.807) is 0 Å². The second kappa shape index (κ2) is 6.76. The number of rotatable bonds is 6. The summed E-state index contributed by atoms with van der Waals surface area (Å²) in [4.78, 5) is 11.0. The zero-order valence-corrected chi connectivity index (χ0v) is 10.7. The first-order valence-corrected chi connectivity index (χ1v) is 6.36. The van der Waals surface area contributed by atoms with E-state index in [1.165, 1.54) is 0 Å². The van der Waals surface area contributed by atoms with Gasteiger partial charge >= 0.3 is 0 Å². The molecule has 1 saturated heterocycles. The van der Waals surface area contributed by atoms with Crippen LogP contribution in [-0.4, -0.2) is 25.1 Å². The number of nitrogens with zero attached hydrogens (tertiary/aromatic N) is 1. The first kappa shape index (κ1) is 13.4. The third-order valence-electron chi connectivity index (χ3n) is 3.03. The molecule has 1 amide bonds. The molecule has 1 heterocycles. The van der Waals surface area contributed by atoms with Gasteiger partial charge in [-0.15, -0.1) is 0 Å². The molecule has 1 aliphatic heterocycles. The number of carbonyl (C=O) groups excluding carboxylic acids is 1. The van der Waals surface area contributed by atoms with E-state index in [1.807, 2.05) is 30.3 Å². The van der Waals surface area contributed by atoms with E-state index in [4.69, 9.17) is 10.00 Å². The number of hydrogen-bond donors (Lipinski definition) is 2. The SMILES string of the molecule is N#CCOc1ccc(CNCC2CCC(=O)N2)cc1. The molecule has 5 nitrogen and oxygen atoms in total. The van der Waals surface area contributed by atoms with Gasteiger partial charge in [-0.1, -0.05) is 12.1 Å². The maximum atomic E-state index is 11.0. The summed E-state index contributed by atoms with van der Waals surface area (Å²) in [6.45, 7) is 1.61. The molecule has 0 aromatic heterocycles. The fraction of sp³-hybridized carbons (Fsp3) is 0.429. The van der Waals surface area contributed by atoms with Crippen LogP contribution in [0.1, 0.15) is 18.4 Å². The normalized spacial score (nSPS) is 17.8. The molecule has 1 unspecified atom stereocenters. The lowest BCUT2D eigenvalue weighted by molar-refractivity contribution is -0.119. The van der Waals surface area contributed by atoms with Gasteiger partial charge in [-0.05, 0) is 24.1 Å². The lowest BCUT2D eigenvalue weighted by Crippen LogP contribution is -2.35. The molecular weight excluding hydrogens is 242 g/mol. The lowest BCUT2D eigenvalue weighted by Gasteiger charge is -2.11. The average molecular weight is 259 g/mol. The standard InChI is InChI=1S/C14H17N3O2/c15-7-8-19-13-4-1-11(2-5-13)9-16-10-12-3-6-14(18)17-12/h1-2,4-5,12,16H,3,6,8-10H2,(H,17,18). The van der Waals surface area contributed by atoms with Crippen LogP contribution in [0.15, 0.2) is 24.3 Å². The van der Waals surface area contributed by atoms with E-state index < -0.39 is 0 Å². The predicted octanol–water partition coefficient (Wildman–Crippen LogP) is 0.957. The topological polar surface area (TPSA) is 74.1 Å². The first-order chi connectivity index (χ1) is 9.28. The van der Waals surface area contributed by atoms with Crippen molar-refractivity contribution in [2.75, 3.05) is 13.2 Å². The van der Waals surface area contributed by atoms with Crippen molar-refractivity contribution >= 4 is 5.91 Å². The number of amides is 1. The van der Waals surface area contributed by atoms with Gasteiger partial charge in [0.1, 0.15) is 11.8 Å². The Bertz CT molecular complexity index is 465. The summed E-state index contributed by atoms with van der Waals surface area (Å²) in [5.41, 5.74) is 1.15. The Morgan fingerprint density at radius 3 is 2.84 bits per heavy atom. The number of ether oxygens (including phenoxy) is 1. The third kappa shape index (κ3) is 4.27. The molecule has 19 heavy (non-hydrogen) atoms. The highest BCUT2D eigenvalue weighted by molar-refractivity contribution is 5.78. The van der Waals surface area contributed by atoms with E-state index in [-0.39, 0.29) is 18.6 Å². The van der Waals surface area contributed by atoms with Crippen LogP contribution in [0.4, 0.5) is 0 Å². The number of carbonyl (C=O) groups is 1. The summed E-state index contributed by atoms with van der Waals surface area (Å²) >= 11 is 0. The van der Waals surface area contributed by atoms with Gasteiger partial charge in [-0.2, -0.15) is 5.26 Å². The molecule has 5 heteroatoms. The van der Waals surface area contributed by atoms with Gasteiger partial charge in [0.15, 0.2) is 6.61 Å². The van der Waals surface area contributed by atoms with Crippen LogP contribution >= 0.6 is 0 Å². The molecule has 1 fully saturated rings. The number of hydrogen-bond acceptors (Lipinski definition) is 4. The minimum Gasteiger partial charge on any atom is -0.479 e. The molecule has 100 valence electrons. The molecule has 0 radical (unpaired) electrons. The number of nitrogens with one attached hydrogen (secondary N) is 2. The van der Waals surface area contributed by atoms with Crippen molar-refractivity contribution in [3.05, 3.63) is 29.8 Å². The quantitative estimate of drug-likeness (QED) is 0.798. The largest absolute Gasteiger partial charge is 0.479 e. The Labute approximate surface area is 112 Å². The second-order valence-corrected chi connectivity index (χ2v) is 4.52. The van der Waals surface area contributed by atoms with Crippen molar-refractivity contribution in [3.8, 4) is 11.8 Å². The minimum absolute atomic E-state index is 0.0684. The van der Waals surface area contributed by atoms with Crippen LogP contribution < -0.4 is 15.4 Å². The van der Waals surface area contributed by atoms with Gasteiger partial charge in [-0.25, -0.2) is 0 Å². The highest BCUT2D eigenvalue weighted by Crippen LogP contribution is 2.12. The van der Waals surface area contributed by atoms with Gasteiger partial charge < -0.3 is 15.4 Å². The maximum absolute atomic E-state index is 11.0. The summed E-state index contributed by atoms with van der Waals surface area (Å²) in [6, 6.07) is 9.82. The lowest BCUT2D eigenvalue weighted by atomic mass is 10.2. The van der Waals surface area contributed by atoms with E-state index in [9.17, 15) is 4.79 Å². The monoisotopic (exact) mass is 259 g/mol. The average Bonchev–Trinajstić information content (AvgIpc) is 2.84. The van der Waals surface area contributed by atoms with Crippen molar-refractivity contribution in [2.45, 2.75) is 25.4 Å². The van der Waals surface area contributed by atoms with E-state index >= 15 is 0 Å². The van der Waals surface area contributed by atoms with Crippen LogP contribution in [0.25, 0.3) is 0 Å². The molecule has 0 aliphatic carbocycles. The summed E-state index contributed by atoms with van der Waals surface area (Å²) in [5, 5.41) is 14.6. The smallest absolute Gasteiger partial charge is 0.220 e. The molecule has 1 aromatic carbocycles. The molecule has 0 bridgehead atoms. The Kier molecular flexibility index (Phi) is 4.76. The van der Waals surface area contributed by atoms with Crippen molar-refractivity contribution in [2.24, 2.45) is 0 Å². The predicted molar refractivity (Wildman–Crippen MR) is 70.4 cm³/mol. The van der Waals surface area contributed by atoms with Crippen molar-refractivity contribution in [3.63, 3.8) is 0 Å². The van der Waals surface area contributed by atoms with Crippen molar-refractivity contribution in [1.29, 1.82) is 5.26 Å². The molecule has 0 saturated carbocycles. The Balaban J connectivity index is 1.71. The minimum atomic E-state index is 0.0684.